The molecule has 1 N–H and O–H groups in total. The third kappa shape index (κ3) is 4.71. The Bertz CT molecular complexity index is 929. The van der Waals surface area contributed by atoms with E-state index in [9.17, 15) is 14.4 Å². The zero-order chi connectivity index (χ0) is 20.1. The van der Waals surface area contributed by atoms with Crippen molar-refractivity contribution in [1.82, 2.24) is 15.2 Å². The van der Waals surface area contributed by atoms with Crippen LogP contribution in [0.15, 0.2) is 47.5 Å². The Morgan fingerprint density at radius 3 is 2.64 bits per heavy atom. The molecule has 0 aliphatic carbocycles. The van der Waals surface area contributed by atoms with Crippen molar-refractivity contribution in [3.8, 4) is 5.75 Å². The molecule has 1 aliphatic heterocycles. The van der Waals surface area contributed by atoms with E-state index in [0.717, 1.165) is 22.2 Å². The molecule has 3 rings (SSSR count). The molecule has 9 heteroatoms. The van der Waals surface area contributed by atoms with Crippen molar-refractivity contribution in [2.75, 3.05) is 20.2 Å². The SMILES string of the molecule is COc1ccc(C=C2SC(=O)N(CCNC(=O)c3ccc(Cl)nc3)C2=O)cc1. The summed E-state index contributed by atoms with van der Waals surface area (Å²) in [6.07, 6.45) is 3.01. The third-order valence-corrected chi connectivity index (χ3v) is 5.03. The maximum Gasteiger partial charge on any atom is 0.293 e. The molecule has 1 aromatic carbocycles. The van der Waals surface area contributed by atoms with Gasteiger partial charge in [0, 0.05) is 19.3 Å². The largest absolute Gasteiger partial charge is 0.497 e. The van der Waals surface area contributed by atoms with Crippen LogP contribution in [-0.4, -0.2) is 47.1 Å². The van der Waals surface area contributed by atoms with Gasteiger partial charge in [-0.25, -0.2) is 4.98 Å². The molecule has 0 unspecified atom stereocenters. The summed E-state index contributed by atoms with van der Waals surface area (Å²) in [6, 6.07) is 10.2. The number of thioether (sulfide) groups is 1. The molecule has 0 spiro atoms. The van der Waals surface area contributed by atoms with Crippen molar-refractivity contribution >= 4 is 46.5 Å². The lowest BCUT2D eigenvalue weighted by atomic mass is 10.2. The van der Waals surface area contributed by atoms with E-state index < -0.39 is 0 Å². The number of benzene rings is 1. The molecule has 1 aliphatic rings. The van der Waals surface area contributed by atoms with Gasteiger partial charge in [-0.3, -0.25) is 19.3 Å². The van der Waals surface area contributed by atoms with E-state index >= 15 is 0 Å². The molecule has 1 fully saturated rings. The van der Waals surface area contributed by atoms with Crippen molar-refractivity contribution in [3.63, 3.8) is 0 Å². The third-order valence-electron chi connectivity index (χ3n) is 3.90. The molecule has 0 bridgehead atoms. The Morgan fingerprint density at radius 1 is 1.25 bits per heavy atom. The number of amides is 3. The second-order valence-electron chi connectivity index (χ2n) is 5.73. The molecule has 144 valence electrons. The topological polar surface area (TPSA) is 88.6 Å². The predicted octanol–water partition coefficient (Wildman–Crippen LogP) is 3.21. The van der Waals surface area contributed by atoms with Crippen LogP contribution >= 0.6 is 23.4 Å². The number of nitrogens with one attached hydrogen (secondary N) is 1. The van der Waals surface area contributed by atoms with E-state index in [2.05, 4.69) is 10.3 Å². The number of halogens is 1. The average molecular weight is 418 g/mol. The van der Waals surface area contributed by atoms with E-state index in [1.54, 1.807) is 43.5 Å². The lowest BCUT2D eigenvalue weighted by Gasteiger charge is -2.13. The number of hydrogen-bond acceptors (Lipinski definition) is 6. The Hall–Kier alpha value is -2.84. The van der Waals surface area contributed by atoms with Crippen LogP contribution in [0.5, 0.6) is 5.75 Å². The summed E-state index contributed by atoms with van der Waals surface area (Å²) in [6.45, 7) is 0.215. The zero-order valence-electron chi connectivity index (χ0n) is 14.8. The van der Waals surface area contributed by atoms with Gasteiger partial charge in [0.15, 0.2) is 0 Å². The van der Waals surface area contributed by atoms with Gasteiger partial charge in [-0.2, -0.15) is 0 Å². The molecule has 1 aromatic heterocycles. The highest BCUT2D eigenvalue weighted by atomic mass is 35.5. The van der Waals surface area contributed by atoms with Crippen LogP contribution in [0.25, 0.3) is 6.08 Å². The van der Waals surface area contributed by atoms with Crippen LogP contribution in [0.3, 0.4) is 0 Å². The van der Waals surface area contributed by atoms with E-state index in [0.29, 0.717) is 16.2 Å². The molecule has 2 aromatic rings. The van der Waals surface area contributed by atoms with Crippen LogP contribution in [0, 0.1) is 0 Å². The average Bonchev–Trinajstić information content (AvgIpc) is 2.96. The predicted molar refractivity (Wildman–Crippen MR) is 107 cm³/mol. The number of ether oxygens (including phenoxy) is 1. The molecule has 1 saturated heterocycles. The maximum atomic E-state index is 12.5. The molecule has 3 amide bonds. The van der Waals surface area contributed by atoms with E-state index in [1.165, 1.54) is 12.3 Å². The zero-order valence-corrected chi connectivity index (χ0v) is 16.4. The van der Waals surface area contributed by atoms with Gasteiger partial charge >= 0.3 is 0 Å². The van der Waals surface area contributed by atoms with Gasteiger partial charge in [-0.15, -0.1) is 0 Å². The second kappa shape index (κ2) is 8.90. The summed E-state index contributed by atoms with van der Waals surface area (Å²) < 4.78 is 5.10. The number of nitrogens with zero attached hydrogens (tertiary/aromatic N) is 2. The fraction of sp³-hybridized carbons (Fsp3) is 0.158. The quantitative estimate of drug-likeness (QED) is 0.573. The lowest BCUT2D eigenvalue weighted by Crippen LogP contribution is -2.37. The van der Waals surface area contributed by atoms with Crippen molar-refractivity contribution in [2.45, 2.75) is 0 Å². The van der Waals surface area contributed by atoms with Gasteiger partial charge in [0.05, 0.1) is 17.6 Å². The highest BCUT2D eigenvalue weighted by molar-refractivity contribution is 8.18. The van der Waals surface area contributed by atoms with Crippen LogP contribution in [0.1, 0.15) is 15.9 Å². The number of carbonyl (C=O) groups excluding carboxylic acids is 3. The first-order valence-corrected chi connectivity index (χ1v) is 9.46. The van der Waals surface area contributed by atoms with Gasteiger partial charge in [0.1, 0.15) is 10.9 Å². The number of imide groups is 1. The number of rotatable bonds is 6. The van der Waals surface area contributed by atoms with Crippen LogP contribution in [0.4, 0.5) is 4.79 Å². The molecule has 2 heterocycles. The van der Waals surface area contributed by atoms with Crippen LogP contribution < -0.4 is 10.1 Å². The molecular formula is C19H16ClN3O4S. The van der Waals surface area contributed by atoms with Crippen molar-refractivity contribution < 1.29 is 19.1 Å². The minimum absolute atomic E-state index is 0.0807. The van der Waals surface area contributed by atoms with Crippen LogP contribution in [0.2, 0.25) is 5.15 Å². The van der Waals surface area contributed by atoms with E-state index in [1.807, 2.05) is 0 Å². The number of aromatic nitrogens is 1. The van der Waals surface area contributed by atoms with Crippen LogP contribution in [-0.2, 0) is 4.79 Å². The lowest BCUT2D eigenvalue weighted by molar-refractivity contribution is -0.122. The molecule has 0 radical (unpaired) electrons. The van der Waals surface area contributed by atoms with Crippen molar-refractivity contribution in [2.24, 2.45) is 0 Å². The van der Waals surface area contributed by atoms with Gasteiger partial charge in [-0.1, -0.05) is 23.7 Å². The van der Waals surface area contributed by atoms with Gasteiger partial charge in [0.2, 0.25) is 0 Å². The second-order valence-corrected chi connectivity index (χ2v) is 7.11. The number of pyridine rings is 1. The standard InChI is InChI=1S/C19H16ClN3O4S/c1-27-14-5-2-12(3-6-14)10-15-18(25)23(19(26)28-15)9-8-21-17(24)13-4-7-16(20)22-11-13/h2-7,10-11H,8-9H2,1H3,(H,21,24). The monoisotopic (exact) mass is 417 g/mol. The first-order valence-electron chi connectivity index (χ1n) is 8.27. The maximum absolute atomic E-state index is 12.5. The number of methoxy groups -OCH3 is 1. The fourth-order valence-corrected chi connectivity index (χ4v) is 3.41. The smallest absolute Gasteiger partial charge is 0.293 e. The van der Waals surface area contributed by atoms with Gasteiger partial charge < -0.3 is 10.1 Å². The van der Waals surface area contributed by atoms with E-state index in [-0.39, 0.29) is 35.3 Å². The first kappa shape index (κ1) is 19.9. The Balaban J connectivity index is 1.58. The molecule has 28 heavy (non-hydrogen) atoms. The summed E-state index contributed by atoms with van der Waals surface area (Å²) in [5.74, 6) is -0.0324. The fourth-order valence-electron chi connectivity index (χ4n) is 2.44. The molecule has 0 atom stereocenters. The highest BCUT2D eigenvalue weighted by Gasteiger charge is 2.34. The Labute approximate surface area is 170 Å². The number of hydrogen-bond donors (Lipinski definition) is 1. The summed E-state index contributed by atoms with van der Waals surface area (Å²) in [5, 5.41) is 2.57. The van der Waals surface area contributed by atoms with Crippen molar-refractivity contribution in [3.05, 3.63) is 63.8 Å². The molecule has 7 nitrogen and oxygen atoms in total. The minimum Gasteiger partial charge on any atom is -0.497 e. The summed E-state index contributed by atoms with van der Waals surface area (Å²) in [5.41, 5.74) is 1.13. The first-order chi connectivity index (χ1) is 13.5. The van der Waals surface area contributed by atoms with Gasteiger partial charge in [0.25, 0.3) is 17.1 Å². The molecule has 0 saturated carbocycles. The normalized spacial score (nSPS) is 15.2. The highest BCUT2D eigenvalue weighted by Crippen LogP contribution is 2.32. The minimum atomic E-state index is -0.381. The summed E-state index contributed by atoms with van der Waals surface area (Å²) in [4.78, 5) is 41.9. The van der Waals surface area contributed by atoms with Crippen molar-refractivity contribution in [1.29, 1.82) is 0 Å². The Kier molecular flexibility index (Phi) is 6.33. The van der Waals surface area contributed by atoms with E-state index in [4.69, 9.17) is 16.3 Å². The van der Waals surface area contributed by atoms with Gasteiger partial charge in [-0.05, 0) is 47.7 Å². The number of carbonyl (C=O) groups is 3. The Morgan fingerprint density at radius 2 is 2.00 bits per heavy atom. The molecular weight excluding hydrogens is 402 g/mol. The summed E-state index contributed by atoms with van der Waals surface area (Å²) >= 11 is 6.56. The summed E-state index contributed by atoms with van der Waals surface area (Å²) in [7, 11) is 1.57.